The Balaban J connectivity index is 0.00000176. The highest BCUT2D eigenvalue weighted by atomic mass is 35.5. The number of halogens is 1. The fourth-order valence-electron chi connectivity index (χ4n) is 4.40. The quantitative estimate of drug-likeness (QED) is 0.814. The van der Waals surface area contributed by atoms with E-state index in [1.807, 2.05) is 0 Å². The van der Waals surface area contributed by atoms with Crippen LogP contribution in [0.5, 0.6) is 0 Å². The molecule has 2 unspecified atom stereocenters. The maximum absolute atomic E-state index is 12.8. The van der Waals surface area contributed by atoms with Crippen LogP contribution in [0, 0.1) is 17.3 Å². The van der Waals surface area contributed by atoms with Crippen molar-refractivity contribution in [3.8, 4) is 0 Å². The molecule has 3 fully saturated rings. The normalized spacial score (nSPS) is 31.1. The summed E-state index contributed by atoms with van der Waals surface area (Å²) in [6.45, 7) is 2.41. The minimum atomic E-state index is -0.292. The Kier molecular flexibility index (Phi) is 6.54. The molecule has 0 radical (unpaired) electrons. The summed E-state index contributed by atoms with van der Waals surface area (Å²) >= 11 is 0. The Labute approximate surface area is 140 Å². The predicted molar refractivity (Wildman–Crippen MR) is 90.3 cm³/mol. The number of hydrogen-bond acceptors (Lipinski definition) is 3. The van der Waals surface area contributed by atoms with Gasteiger partial charge in [0.15, 0.2) is 0 Å². The Morgan fingerprint density at radius 2 is 1.91 bits per heavy atom. The lowest BCUT2D eigenvalue weighted by molar-refractivity contribution is -0.136. The Bertz CT molecular complexity index is 360. The van der Waals surface area contributed by atoms with E-state index in [-0.39, 0.29) is 23.7 Å². The highest BCUT2D eigenvalue weighted by molar-refractivity contribution is 5.85. The van der Waals surface area contributed by atoms with E-state index in [4.69, 9.17) is 4.74 Å². The molecule has 22 heavy (non-hydrogen) atoms. The number of hydrogen-bond donors (Lipinski definition) is 2. The summed E-state index contributed by atoms with van der Waals surface area (Å²) in [4.78, 5) is 12.8. The zero-order chi connectivity index (χ0) is 14.7. The molecule has 2 N–H and O–H groups in total. The van der Waals surface area contributed by atoms with E-state index in [2.05, 4.69) is 10.6 Å². The molecule has 1 saturated heterocycles. The molecule has 0 aromatic heterocycles. The van der Waals surface area contributed by atoms with Crippen LogP contribution in [0.4, 0.5) is 0 Å². The first-order valence-electron chi connectivity index (χ1n) is 8.76. The van der Waals surface area contributed by atoms with E-state index in [0.717, 1.165) is 37.8 Å². The molecule has 0 bridgehead atoms. The van der Waals surface area contributed by atoms with Crippen molar-refractivity contribution in [2.75, 3.05) is 26.8 Å². The van der Waals surface area contributed by atoms with E-state index in [1.165, 1.54) is 38.5 Å². The van der Waals surface area contributed by atoms with Gasteiger partial charge in [-0.15, -0.1) is 12.4 Å². The van der Waals surface area contributed by atoms with Gasteiger partial charge in [-0.05, 0) is 44.2 Å². The second-order valence-electron chi connectivity index (χ2n) is 7.34. The SMILES string of the molecule is COCC1(C(=O)NC2CC2C2CCCCC2)CCNCC1.Cl. The number of ether oxygens (including phenoxy) is 1. The molecule has 2 atom stereocenters. The van der Waals surface area contributed by atoms with Gasteiger partial charge in [-0.25, -0.2) is 0 Å². The van der Waals surface area contributed by atoms with Gasteiger partial charge in [0, 0.05) is 13.2 Å². The standard InChI is InChI=1S/C17H30N2O2.ClH/c1-21-12-17(7-9-18-10-8-17)16(20)19-15-11-14(15)13-5-3-2-4-6-13;/h13-15,18H,2-12H2,1H3,(H,19,20);1H. The van der Waals surface area contributed by atoms with Gasteiger partial charge in [-0.1, -0.05) is 32.1 Å². The van der Waals surface area contributed by atoms with Gasteiger partial charge in [0.05, 0.1) is 12.0 Å². The Morgan fingerprint density at radius 1 is 1.23 bits per heavy atom. The van der Waals surface area contributed by atoms with Gasteiger partial charge in [-0.2, -0.15) is 0 Å². The summed E-state index contributed by atoms with van der Waals surface area (Å²) in [5, 5.41) is 6.70. The van der Waals surface area contributed by atoms with E-state index >= 15 is 0 Å². The fraction of sp³-hybridized carbons (Fsp3) is 0.941. The van der Waals surface area contributed by atoms with Gasteiger partial charge < -0.3 is 15.4 Å². The molecule has 3 rings (SSSR count). The molecule has 1 heterocycles. The summed E-state index contributed by atoms with van der Waals surface area (Å²) < 4.78 is 5.36. The van der Waals surface area contributed by atoms with Gasteiger partial charge in [0.25, 0.3) is 0 Å². The monoisotopic (exact) mass is 330 g/mol. The van der Waals surface area contributed by atoms with E-state index < -0.39 is 0 Å². The lowest BCUT2D eigenvalue weighted by atomic mass is 9.78. The molecule has 1 aliphatic heterocycles. The third kappa shape index (κ3) is 3.95. The summed E-state index contributed by atoms with van der Waals surface area (Å²) in [7, 11) is 1.71. The van der Waals surface area contributed by atoms with Crippen LogP contribution >= 0.6 is 12.4 Å². The molecule has 0 aromatic rings. The summed E-state index contributed by atoms with van der Waals surface area (Å²) in [5.41, 5.74) is -0.292. The first-order chi connectivity index (χ1) is 10.2. The number of amides is 1. The van der Waals surface area contributed by atoms with Crippen LogP contribution in [-0.2, 0) is 9.53 Å². The topological polar surface area (TPSA) is 50.4 Å². The van der Waals surface area contributed by atoms with Crippen LogP contribution in [0.3, 0.4) is 0 Å². The zero-order valence-corrected chi connectivity index (χ0v) is 14.6. The van der Waals surface area contributed by atoms with Crippen molar-refractivity contribution in [3.63, 3.8) is 0 Å². The molecule has 1 amide bonds. The highest BCUT2D eigenvalue weighted by Crippen LogP contribution is 2.45. The largest absolute Gasteiger partial charge is 0.384 e. The first-order valence-corrected chi connectivity index (χ1v) is 8.76. The van der Waals surface area contributed by atoms with Crippen LogP contribution in [0.25, 0.3) is 0 Å². The molecular weight excluding hydrogens is 300 g/mol. The van der Waals surface area contributed by atoms with Crippen LogP contribution in [0.2, 0.25) is 0 Å². The maximum atomic E-state index is 12.8. The first kappa shape index (κ1) is 18.0. The maximum Gasteiger partial charge on any atom is 0.228 e. The van der Waals surface area contributed by atoms with Crippen molar-refractivity contribution in [1.82, 2.24) is 10.6 Å². The minimum absolute atomic E-state index is 0. The van der Waals surface area contributed by atoms with E-state index in [1.54, 1.807) is 7.11 Å². The van der Waals surface area contributed by atoms with E-state index in [9.17, 15) is 4.79 Å². The number of piperidine rings is 1. The fourth-order valence-corrected chi connectivity index (χ4v) is 4.40. The number of nitrogens with one attached hydrogen (secondary N) is 2. The van der Waals surface area contributed by atoms with Crippen LogP contribution < -0.4 is 10.6 Å². The molecule has 128 valence electrons. The lowest BCUT2D eigenvalue weighted by Crippen LogP contribution is -2.51. The number of carbonyl (C=O) groups is 1. The summed E-state index contributed by atoms with van der Waals surface area (Å²) in [5.74, 6) is 1.88. The van der Waals surface area contributed by atoms with Crippen molar-refractivity contribution >= 4 is 18.3 Å². The number of rotatable bonds is 5. The molecule has 2 aliphatic carbocycles. The van der Waals surface area contributed by atoms with Gasteiger partial charge in [0.2, 0.25) is 5.91 Å². The lowest BCUT2D eigenvalue weighted by Gasteiger charge is -2.35. The third-order valence-corrected chi connectivity index (χ3v) is 5.87. The average Bonchev–Trinajstić information content (AvgIpc) is 3.28. The number of methoxy groups -OCH3 is 1. The Morgan fingerprint density at radius 3 is 2.55 bits per heavy atom. The smallest absolute Gasteiger partial charge is 0.228 e. The zero-order valence-electron chi connectivity index (χ0n) is 13.7. The van der Waals surface area contributed by atoms with Crippen molar-refractivity contribution in [3.05, 3.63) is 0 Å². The summed E-state index contributed by atoms with van der Waals surface area (Å²) in [6, 6.07) is 0.448. The second-order valence-corrected chi connectivity index (χ2v) is 7.34. The number of carbonyl (C=O) groups excluding carboxylic acids is 1. The molecule has 5 heteroatoms. The molecule has 0 aromatic carbocycles. The van der Waals surface area contributed by atoms with Gasteiger partial charge in [-0.3, -0.25) is 4.79 Å². The summed E-state index contributed by atoms with van der Waals surface area (Å²) in [6.07, 6.45) is 9.94. The Hall–Kier alpha value is -0.320. The minimum Gasteiger partial charge on any atom is -0.384 e. The molecule has 4 nitrogen and oxygen atoms in total. The van der Waals surface area contributed by atoms with Crippen molar-refractivity contribution in [2.24, 2.45) is 17.3 Å². The van der Waals surface area contributed by atoms with Crippen LogP contribution in [-0.4, -0.2) is 38.8 Å². The van der Waals surface area contributed by atoms with E-state index in [0.29, 0.717) is 12.6 Å². The van der Waals surface area contributed by atoms with Gasteiger partial charge in [0.1, 0.15) is 0 Å². The van der Waals surface area contributed by atoms with Crippen molar-refractivity contribution < 1.29 is 9.53 Å². The van der Waals surface area contributed by atoms with Crippen LogP contribution in [0.15, 0.2) is 0 Å². The predicted octanol–water partition coefficient (Wildman–Crippen LogP) is 2.51. The second kappa shape index (κ2) is 7.98. The molecular formula is C17H31ClN2O2. The highest BCUT2D eigenvalue weighted by Gasteiger charge is 2.47. The average molecular weight is 331 g/mol. The van der Waals surface area contributed by atoms with Crippen molar-refractivity contribution in [1.29, 1.82) is 0 Å². The van der Waals surface area contributed by atoms with Gasteiger partial charge >= 0.3 is 0 Å². The third-order valence-electron chi connectivity index (χ3n) is 5.87. The molecule has 3 aliphatic rings. The van der Waals surface area contributed by atoms with Crippen LogP contribution in [0.1, 0.15) is 51.4 Å². The molecule has 0 spiro atoms. The van der Waals surface area contributed by atoms with Crippen molar-refractivity contribution in [2.45, 2.75) is 57.4 Å². The molecule has 2 saturated carbocycles.